The summed E-state index contributed by atoms with van der Waals surface area (Å²) in [5.74, 6) is 0. The normalized spacial score (nSPS) is 15.6. The van der Waals surface area contributed by atoms with Gasteiger partial charge < -0.3 is 4.42 Å². The second kappa shape index (κ2) is 10.4. The van der Waals surface area contributed by atoms with E-state index in [1.807, 2.05) is 72.8 Å². The first-order valence-electron chi connectivity index (χ1n) is 20.9. The zero-order valence-corrected chi connectivity index (χ0v) is 23.6. The van der Waals surface area contributed by atoms with Gasteiger partial charge in [0, 0.05) is 10.8 Å². The highest BCUT2D eigenvalue weighted by Gasteiger charge is 2.21. The van der Waals surface area contributed by atoms with Crippen LogP contribution in [0.4, 0.5) is 0 Å². The SMILES string of the molecule is [2H]c1c([2H])c([2H])c(-c2c3c([2H])c([2H])c([2H])c([2H])c3c(-c3cccc4oc5cc(-c6ccccc6)c(-c6ccccc6)cc5c34)c3c([2H])c([2H])c([2H])c([2H])c23)c([2H])c1[2H]. The molecule has 0 amide bonds. The smallest absolute Gasteiger partial charge is 0.136 e. The molecular weight excluding hydrogens is 544 g/mol. The first-order valence-corrected chi connectivity index (χ1v) is 14.4. The Labute approximate surface area is 279 Å². The average Bonchev–Trinajstić information content (AvgIpc) is 3.62. The Balaban J connectivity index is 1.55. The molecule has 9 aromatic rings. The lowest BCUT2D eigenvalue weighted by Gasteiger charge is -2.18. The van der Waals surface area contributed by atoms with Gasteiger partial charge in [-0.3, -0.25) is 0 Å². The van der Waals surface area contributed by atoms with Gasteiger partial charge in [-0.15, -0.1) is 0 Å². The highest BCUT2D eigenvalue weighted by Crippen LogP contribution is 2.48. The van der Waals surface area contributed by atoms with Gasteiger partial charge in [0.25, 0.3) is 0 Å². The van der Waals surface area contributed by atoms with Crippen LogP contribution in [0.25, 0.3) is 88.0 Å². The first-order chi connectivity index (χ1) is 27.7. The van der Waals surface area contributed by atoms with E-state index < -0.39 is 84.1 Å². The van der Waals surface area contributed by atoms with Gasteiger partial charge in [-0.1, -0.05) is 151 Å². The van der Waals surface area contributed by atoms with Crippen molar-refractivity contribution in [3.63, 3.8) is 0 Å². The lowest BCUT2D eigenvalue weighted by molar-refractivity contribution is 0.669. The molecule has 0 saturated carbocycles. The standard InChI is InChI=1S/C44H28O/c1-4-15-29(16-5-1)37-27-39-41(28-38(37)30-17-6-2-7-18-30)45-40-26-14-25-36(44(39)40)43-34-23-12-10-21-32(34)42(31-19-8-3-9-20-31)33-22-11-13-24-35(33)43/h1-28H/i3D,8D,9D,10D,11D,12D,13D,19D,20D,21D,22D,23D,24D. The van der Waals surface area contributed by atoms with Crippen LogP contribution in [0.2, 0.25) is 0 Å². The molecule has 0 saturated heterocycles. The number of benzene rings is 8. The third-order valence-corrected chi connectivity index (χ3v) is 8.20. The van der Waals surface area contributed by atoms with Crippen LogP contribution < -0.4 is 0 Å². The molecule has 0 aliphatic rings. The molecule has 0 aliphatic heterocycles. The molecule has 0 bridgehead atoms. The maximum atomic E-state index is 9.40. The minimum Gasteiger partial charge on any atom is -0.456 e. The molecule has 9 rings (SSSR count). The molecular formula is C44H28O. The van der Waals surface area contributed by atoms with E-state index in [1.165, 1.54) is 0 Å². The highest BCUT2D eigenvalue weighted by molar-refractivity contribution is 6.26. The van der Waals surface area contributed by atoms with Crippen LogP contribution in [0.15, 0.2) is 174 Å². The molecule has 8 aromatic carbocycles. The van der Waals surface area contributed by atoms with Crippen molar-refractivity contribution in [3.05, 3.63) is 170 Å². The molecule has 0 N–H and O–H groups in total. The Kier molecular flexibility index (Phi) is 3.62. The topological polar surface area (TPSA) is 13.1 Å². The number of hydrogen-bond donors (Lipinski definition) is 0. The van der Waals surface area contributed by atoms with Gasteiger partial charge in [-0.25, -0.2) is 0 Å². The summed E-state index contributed by atoms with van der Waals surface area (Å²) in [4.78, 5) is 0. The van der Waals surface area contributed by atoms with E-state index in [-0.39, 0.29) is 32.7 Å². The quantitative estimate of drug-likeness (QED) is 0.187. The second-order valence-electron chi connectivity index (χ2n) is 10.7. The summed E-state index contributed by atoms with van der Waals surface area (Å²) in [6, 6.07) is 20.2. The second-order valence-corrected chi connectivity index (χ2v) is 10.7. The van der Waals surface area contributed by atoms with E-state index in [1.54, 1.807) is 18.2 Å². The number of furan rings is 1. The number of hydrogen-bond acceptors (Lipinski definition) is 1. The van der Waals surface area contributed by atoms with Crippen molar-refractivity contribution in [3.8, 4) is 44.5 Å². The van der Waals surface area contributed by atoms with Gasteiger partial charge in [0.2, 0.25) is 0 Å². The molecule has 0 atom stereocenters. The molecule has 1 heteroatoms. The molecule has 0 spiro atoms. The molecule has 1 nitrogen and oxygen atoms in total. The molecule has 0 radical (unpaired) electrons. The van der Waals surface area contributed by atoms with Crippen LogP contribution in [-0.4, -0.2) is 0 Å². The van der Waals surface area contributed by atoms with E-state index >= 15 is 0 Å². The van der Waals surface area contributed by atoms with E-state index in [2.05, 4.69) is 0 Å². The molecule has 45 heavy (non-hydrogen) atoms. The Bertz CT molecular complexity index is 3140. The monoisotopic (exact) mass is 585 g/mol. The minimum absolute atomic E-state index is 0.0433. The zero-order chi connectivity index (χ0) is 41.1. The van der Waals surface area contributed by atoms with Gasteiger partial charge in [-0.05, 0) is 84.3 Å². The van der Waals surface area contributed by atoms with Crippen molar-refractivity contribution < 1.29 is 22.2 Å². The van der Waals surface area contributed by atoms with E-state index in [0.29, 0.717) is 27.5 Å². The average molecular weight is 586 g/mol. The van der Waals surface area contributed by atoms with Crippen LogP contribution in [0.1, 0.15) is 17.8 Å². The predicted molar refractivity (Wildman–Crippen MR) is 190 cm³/mol. The molecule has 0 aliphatic carbocycles. The number of rotatable bonds is 4. The Morgan fingerprint density at radius 2 is 0.911 bits per heavy atom. The van der Waals surface area contributed by atoms with Gasteiger partial charge in [0.05, 0.1) is 17.8 Å². The van der Waals surface area contributed by atoms with E-state index in [0.717, 1.165) is 22.3 Å². The maximum Gasteiger partial charge on any atom is 0.136 e. The lowest BCUT2D eigenvalue weighted by atomic mass is 9.84. The van der Waals surface area contributed by atoms with Crippen molar-refractivity contribution >= 4 is 43.5 Å². The van der Waals surface area contributed by atoms with Crippen molar-refractivity contribution in [2.75, 3.05) is 0 Å². The van der Waals surface area contributed by atoms with Crippen LogP contribution >= 0.6 is 0 Å². The predicted octanol–water partition coefficient (Wildman–Crippen LogP) is 12.6. The van der Waals surface area contributed by atoms with Crippen LogP contribution in [0, 0.1) is 0 Å². The van der Waals surface area contributed by atoms with Gasteiger partial charge in [0.1, 0.15) is 11.2 Å². The van der Waals surface area contributed by atoms with Gasteiger partial charge in [0.15, 0.2) is 0 Å². The Morgan fingerprint density at radius 3 is 1.51 bits per heavy atom. The molecule has 0 fully saturated rings. The first kappa shape index (κ1) is 15.7. The third-order valence-electron chi connectivity index (χ3n) is 8.20. The Hall–Kier alpha value is -5.92. The molecule has 0 unspecified atom stereocenters. The molecule has 210 valence electrons. The van der Waals surface area contributed by atoms with E-state index in [9.17, 15) is 5.48 Å². The van der Waals surface area contributed by atoms with Crippen LogP contribution in [-0.2, 0) is 0 Å². The highest BCUT2D eigenvalue weighted by atomic mass is 16.3. The van der Waals surface area contributed by atoms with Crippen molar-refractivity contribution in [2.24, 2.45) is 0 Å². The summed E-state index contributed by atoms with van der Waals surface area (Å²) < 4.78 is 122. The summed E-state index contributed by atoms with van der Waals surface area (Å²) in [5, 5.41) is 0.290. The van der Waals surface area contributed by atoms with Crippen molar-refractivity contribution in [1.82, 2.24) is 0 Å². The fourth-order valence-corrected chi connectivity index (χ4v) is 6.31. The maximum absolute atomic E-state index is 9.40. The summed E-state index contributed by atoms with van der Waals surface area (Å²) in [6.07, 6.45) is 0. The Morgan fingerprint density at radius 1 is 0.378 bits per heavy atom. The van der Waals surface area contributed by atoms with Crippen molar-refractivity contribution in [1.29, 1.82) is 0 Å². The fourth-order valence-electron chi connectivity index (χ4n) is 6.31. The van der Waals surface area contributed by atoms with Gasteiger partial charge >= 0.3 is 0 Å². The van der Waals surface area contributed by atoms with Crippen LogP contribution in [0.3, 0.4) is 0 Å². The fraction of sp³-hybridized carbons (Fsp3) is 0. The van der Waals surface area contributed by atoms with Gasteiger partial charge in [-0.2, -0.15) is 0 Å². The largest absolute Gasteiger partial charge is 0.456 e. The third kappa shape index (κ3) is 4.09. The zero-order valence-electron chi connectivity index (χ0n) is 36.6. The summed E-state index contributed by atoms with van der Waals surface area (Å²) in [7, 11) is 0. The molecule has 1 aromatic heterocycles. The van der Waals surface area contributed by atoms with Crippen LogP contribution in [0.5, 0.6) is 0 Å². The summed E-state index contributed by atoms with van der Waals surface area (Å²) >= 11 is 0. The number of fused-ring (bicyclic) bond motifs is 5. The summed E-state index contributed by atoms with van der Waals surface area (Å²) in [6.45, 7) is 0. The molecule has 1 heterocycles. The lowest BCUT2D eigenvalue weighted by Crippen LogP contribution is -1.91. The van der Waals surface area contributed by atoms with Crippen molar-refractivity contribution in [2.45, 2.75) is 0 Å². The minimum atomic E-state index is -0.721. The van der Waals surface area contributed by atoms with E-state index in [4.69, 9.17) is 16.8 Å². The summed E-state index contributed by atoms with van der Waals surface area (Å²) in [5.41, 5.74) is 4.09.